The fraction of sp³-hybridized carbons (Fsp3) is 0.833. The topological polar surface area (TPSA) is 92.4 Å². The van der Waals surface area contributed by atoms with E-state index < -0.39 is 16.9 Å². The molecule has 5 nitrogen and oxygen atoms in total. The summed E-state index contributed by atoms with van der Waals surface area (Å²) in [7, 11) is 0. The van der Waals surface area contributed by atoms with Gasteiger partial charge in [-0.15, -0.1) is 0 Å². The smallest absolute Gasteiger partial charge is 0.311 e. The molecule has 0 aromatic heterocycles. The second-order valence-electron chi connectivity index (χ2n) is 5.65. The number of carbonyl (C=O) groups is 2. The average Bonchev–Trinajstić information content (AvgIpc) is 3.01. The SMILES string of the molecule is CC1(C(=O)O)CCCCC1NC(=O)C1(N)CC1. The standard InChI is InChI=1S/C12H20N2O3/c1-11(10(16)17)5-3-2-4-8(11)14-9(15)12(13)6-7-12/h8H,2-7,13H2,1H3,(H,14,15)(H,16,17). The van der Waals surface area contributed by atoms with E-state index in [4.69, 9.17) is 5.73 Å². The quantitative estimate of drug-likeness (QED) is 0.674. The van der Waals surface area contributed by atoms with Gasteiger partial charge in [-0.2, -0.15) is 0 Å². The summed E-state index contributed by atoms with van der Waals surface area (Å²) >= 11 is 0. The van der Waals surface area contributed by atoms with Crippen molar-refractivity contribution in [1.82, 2.24) is 5.32 Å². The van der Waals surface area contributed by atoms with Crippen molar-refractivity contribution >= 4 is 11.9 Å². The van der Waals surface area contributed by atoms with Gasteiger partial charge in [0.1, 0.15) is 0 Å². The number of hydrogen-bond donors (Lipinski definition) is 3. The van der Waals surface area contributed by atoms with E-state index in [1.807, 2.05) is 0 Å². The number of carbonyl (C=O) groups excluding carboxylic acids is 1. The molecule has 0 heterocycles. The first-order chi connectivity index (χ1) is 7.88. The predicted octanol–water partition coefficient (Wildman–Crippen LogP) is 0.627. The molecule has 2 fully saturated rings. The highest BCUT2D eigenvalue weighted by Crippen LogP contribution is 2.38. The Kier molecular flexibility index (Phi) is 2.89. The summed E-state index contributed by atoms with van der Waals surface area (Å²) in [5, 5.41) is 12.2. The zero-order chi connectivity index (χ0) is 12.7. The van der Waals surface area contributed by atoms with E-state index in [0.29, 0.717) is 19.3 Å². The molecule has 2 saturated carbocycles. The summed E-state index contributed by atoms with van der Waals surface area (Å²) in [5.74, 6) is -1.01. The van der Waals surface area contributed by atoms with Gasteiger partial charge in [-0.25, -0.2) is 0 Å². The van der Waals surface area contributed by atoms with Gasteiger partial charge in [0.2, 0.25) is 5.91 Å². The third-order valence-corrected chi connectivity index (χ3v) is 4.24. The number of aliphatic carboxylic acids is 1. The molecule has 0 aromatic rings. The lowest BCUT2D eigenvalue weighted by molar-refractivity contribution is -0.152. The van der Waals surface area contributed by atoms with Crippen LogP contribution in [0.15, 0.2) is 0 Å². The van der Waals surface area contributed by atoms with Crippen molar-refractivity contribution < 1.29 is 14.7 Å². The van der Waals surface area contributed by atoms with Gasteiger partial charge in [0.05, 0.1) is 11.0 Å². The number of carboxylic acids is 1. The molecule has 2 aliphatic carbocycles. The van der Waals surface area contributed by atoms with Crippen LogP contribution in [-0.2, 0) is 9.59 Å². The Bertz CT molecular complexity index is 352. The lowest BCUT2D eigenvalue weighted by Crippen LogP contribution is -2.56. The fourth-order valence-corrected chi connectivity index (χ4v) is 2.48. The van der Waals surface area contributed by atoms with Crippen LogP contribution in [0.3, 0.4) is 0 Å². The van der Waals surface area contributed by atoms with E-state index in [-0.39, 0.29) is 11.9 Å². The van der Waals surface area contributed by atoms with Gasteiger partial charge in [-0.3, -0.25) is 9.59 Å². The summed E-state index contributed by atoms with van der Waals surface area (Å²) in [6.45, 7) is 1.72. The number of rotatable bonds is 3. The molecule has 2 rings (SSSR count). The second-order valence-corrected chi connectivity index (χ2v) is 5.65. The van der Waals surface area contributed by atoms with Crippen molar-refractivity contribution in [3.05, 3.63) is 0 Å². The summed E-state index contributed by atoms with van der Waals surface area (Å²) in [4.78, 5) is 23.2. The maximum Gasteiger partial charge on any atom is 0.311 e. The minimum absolute atomic E-state index is 0.183. The minimum Gasteiger partial charge on any atom is -0.481 e. The van der Waals surface area contributed by atoms with Gasteiger partial charge in [0.25, 0.3) is 0 Å². The number of amides is 1. The van der Waals surface area contributed by atoms with Crippen molar-refractivity contribution in [3.8, 4) is 0 Å². The summed E-state index contributed by atoms with van der Waals surface area (Å²) in [5.41, 5.74) is 4.24. The third kappa shape index (κ3) is 2.16. The van der Waals surface area contributed by atoms with Gasteiger partial charge < -0.3 is 16.2 Å². The molecule has 2 unspecified atom stereocenters. The van der Waals surface area contributed by atoms with Crippen LogP contribution in [0.1, 0.15) is 45.4 Å². The van der Waals surface area contributed by atoms with E-state index in [9.17, 15) is 14.7 Å². The van der Waals surface area contributed by atoms with Crippen LogP contribution < -0.4 is 11.1 Å². The van der Waals surface area contributed by atoms with Crippen molar-refractivity contribution in [1.29, 1.82) is 0 Å². The van der Waals surface area contributed by atoms with Crippen LogP contribution >= 0.6 is 0 Å². The molecule has 1 amide bonds. The lowest BCUT2D eigenvalue weighted by Gasteiger charge is -2.38. The maximum atomic E-state index is 11.9. The predicted molar refractivity (Wildman–Crippen MR) is 62.3 cm³/mol. The molecular formula is C12H20N2O3. The molecule has 0 spiro atoms. The van der Waals surface area contributed by atoms with E-state index in [1.54, 1.807) is 6.92 Å². The molecule has 96 valence electrons. The first kappa shape index (κ1) is 12.4. The zero-order valence-corrected chi connectivity index (χ0v) is 10.2. The Morgan fingerprint density at radius 1 is 1.29 bits per heavy atom. The Labute approximate surface area is 101 Å². The largest absolute Gasteiger partial charge is 0.481 e. The van der Waals surface area contributed by atoms with Gasteiger partial charge in [-0.1, -0.05) is 12.8 Å². The van der Waals surface area contributed by atoms with Crippen molar-refractivity contribution in [2.24, 2.45) is 11.1 Å². The van der Waals surface area contributed by atoms with Gasteiger partial charge in [-0.05, 0) is 32.6 Å². The molecule has 4 N–H and O–H groups in total. The molecule has 0 bridgehead atoms. The molecule has 2 atom stereocenters. The monoisotopic (exact) mass is 240 g/mol. The van der Waals surface area contributed by atoms with Crippen molar-refractivity contribution in [2.45, 2.75) is 57.0 Å². The fourth-order valence-electron chi connectivity index (χ4n) is 2.48. The molecule has 0 aromatic carbocycles. The third-order valence-electron chi connectivity index (χ3n) is 4.24. The van der Waals surface area contributed by atoms with Crippen LogP contribution in [0.4, 0.5) is 0 Å². The highest BCUT2D eigenvalue weighted by Gasteiger charge is 2.50. The Morgan fingerprint density at radius 3 is 2.47 bits per heavy atom. The van der Waals surface area contributed by atoms with Crippen LogP contribution in [0.5, 0.6) is 0 Å². The van der Waals surface area contributed by atoms with Crippen molar-refractivity contribution in [2.75, 3.05) is 0 Å². The molecular weight excluding hydrogens is 220 g/mol. The summed E-state index contributed by atoms with van der Waals surface area (Å²) in [6.07, 6.45) is 4.62. The molecule has 0 radical (unpaired) electrons. The van der Waals surface area contributed by atoms with Crippen LogP contribution in [0.25, 0.3) is 0 Å². The van der Waals surface area contributed by atoms with Crippen LogP contribution in [-0.4, -0.2) is 28.6 Å². The van der Waals surface area contributed by atoms with E-state index in [1.165, 1.54) is 0 Å². The second kappa shape index (κ2) is 3.98. The molecule has 0 saturated heterocycles. The molecule has 5 heteroatoms. The van der Waals surface area contributed by atoms with E-state index in [0.717, 1.165) is 19.3 Å². The Morgan fingerprint density at radius 2 is 1.94 bits per heavy atom. The van der Waals surface area contributed by atoms with E-state index in [2.05, 4.69) is 5.32 Å². The Balaban J connectivity index is 2.07. The molecule has 2 aliphatic rings. The minimum atomic E-state index is -0.848. The Hall–Kier alpha value is -1.10. The number of nitrogens with one attached hydrogen (secondary N) is 1. The molecule has 0 aliphatic heterocycles. The first-order valence-corrected chi connectivity index (χ1v) is 6.22. The maximum absolute atomic E-state index is 11.9. The average molecular weight is 240 g/mol. The van der Waals surface area contributed by atoms with Gasteiger partial charge in [0, 0.05) is 6.04 Å². The van der Waals surface area contributed by atoms with Crippen molar-refractivity contribution in [3.63, 3.8) is 0 Å². The number of carboxylic acid groups (broad SMARTS) is 1. The lowest BCUT2D eigenvalue weighted by atomic mass is 9.71. The van der Waals surface area contributed by atoms with E-state index >= 15 is 0 Å². The summed E-state index contributed by atoms with van der Waals surface area (Å²) < 4.78 is 0. The van der Waals surface area contributed by atoms with Gasteiger partial charge >= 0.3 is 5.97 Å². The zero-order valence-electron chi connectivity index (χ0n) is 10.2. The normalized spacial score (nSPS) is 35.1. The van der Waals surface area contributed by atoms with Crippen LogP contribution in [0, 0.1) is 5.41 Å². The number of nitrogens with two attached hydrogens (primary N) is 1. The van der Waals surface area contributed by atoms with Crippen LogP contribution in [0.2, 0.25) is 0 Å². The number of hydrogen-bond acceptors (Lipinski definition) is 3. The highest BCUT2D eigenvalue weighted by molar-refractivity contribution is 5.90. The van der Waals surface area contributed by atoms with Gasteiger partial charge in [0.15, 0.2) is 0 Å². The summed E-state index contributed by atoms with van der Waals surface area (Å²) in [6, 6.07) is -0.290. The first-order valence-electron chi connectivity index (χ1n) is 6.22. The highest BCUT2D eigenvalue weighted by atomic mass is 16.4. The molecule has 17 heavy (non-hydrogen) atoms.